The molecule has 0 bridgehead atoms. The van der Waals surface area contributed by atoms with Crippen LogP contribution in [0.3, 0.4) is 0 Å². The van der Waals surface area contributed by atoms with Gasteiger partial charge in [0, 0.05) is 30.1 Å². The SMILES string of the molecule is COc1cc(CNC2CCC2)ccc1Cn1ncc2nc(N)nc(NCC3CC4(C3)CC4F)c21. The summed E-state index contributed by atoms with van der Waals surface area (Å²) in [5, 5.41) is 11.6. The third kappa shape index (κ3) is 3.96. The molecule has 0 radical (unpaired) electrons. The minimum atomic E-state index is -0.595. The first kappa shape index (κ1) is 21.6. The Morgan fingerprint density at radius 3 is 2.76 bits per heavy atom. The Balaban J connectivity index is 1.19. The van der Waals surface area contributed by atoms with E-state index in [0.717, 1.165) is 49.2 Å². The molecule has 180 valence electrons. The fourth-order valence-electron chi connectivity index (χ4n) is 5.52. The standard InChI is InChI=1S/C25H32FN7O/c1-34-20-7-15(11-28-18-3-2-4-18)5-6-17(20)14-33-22-19(13-30-33)31-24(27)32-23(22)29-12-16-8-25(9-16)10-21(25)26/h5-7,13,16,18,21,28H,2-4,8-12,14H2,1H3,(H3,27,29,31,32). The van der Waals surface area contributed by atoms with Gasteiger partial charge in [0.25, 0.3) is 0 Å². The molecule has 9 heteroatoms. The van der Waals surface area contributed by atoms with Gasteiger partial charge in [-0.2, -0.15) is 10.1 Å². The summed E-state index contributed by atoms with van der Waals surface area (Å²) in [4.78, 5) is 8.83. The van der Waals surface area contributed by atoms with Gasteiger partial charge < -0.3 is 21.1 Å². The van der Waals surface area contributed by atoms with E-state index in [1.807, 2.05) is 4.68 Å². The van der Waals surface area contributed by atoms with Crippen molar-refractivity contribution >= 4 is 22.8 Å². The van der Waals surface area contributed by atoms with Crippen molar-refractivity contribution in [3.63, 3.8) is 0 Å². The Kier molecular flexibility index (Phi) is 5.32. The van der Waals surface area contributed by atoms with Crippen LogP contribution < -0.4 is 21.1 Å². The quantitative estimate of drug-likeness (QED) is 0.443. The predicted molar refractivity (Wildman–Crippen MR) is 129 cm³/mol. The minimum absolute atomic E-state index is 0.00967. The molecule has 3 fully saturated rings. The number of nitrogens with zero attached hydrogens (tertiary/aromatic N) is 4. The number of fused-ring (bicyclic) bond motifs is 1. The third-order valence-corrected chi connectivity index (χ3v) is 7.92. The molecule has 0 amide bonds. The van der Waals surface area contributed by atoms with Crippen LogP contribution in [0.4, 0.5) is 16.2 Å². The number of aromatic nitrogens is 4. The van der Waals surface area contributed by atoms with Gasteiger partial charge in [0.2, 0.25) is 5.95 Å². The van der Waals surface area contributed by atoms with E-state index in [1.54, 1.807) is 13.3 Å². The molecule has 2 heterocycles. The van der Waals surface area contributed by atoms with Gasteiger partial charge in [-0.3, -0.25) is 4.68 Å². The van der Waals surface area contributed by atoms with Crippen molar-refractivity contribution in [1.82, 2.24) is 25.1 Å². The highest BCUT2D eigenvalue weighted by atomic mass is 19.1. The number of rotatable bonds is 9. The molecule has 6 rings (SSSR count). The molecular formula is C25H32FN7O. The zero-order valence-electron chi connectivity index (χ0n) is 19.6. The number of hydrogen-bond acceptors (Lipinski definition) is 7. The maximum absolute atomic E-state index is 13.5. The molecule has 4 N–H and O–H groups in total. The highest BCUT2D eigenvalue weighted by Gasteiger charge is 2.62. The molecule has 1 atom stereocenters. The smallest absolute Gasteiger partial charge is 0.222 e. The van der Waals surface area contributed by atoms with Gasteiger partial charge in [-0.1, -0.05) is 18.6 Å². The second-order valence-electron chi connectivity index (χ2n) is 10.3. The molecule has 1 spiro atoms. The number of ether oxygens (including phenoxy) is 1. The Bertz CT molecular complexity index is 1200. The number of nitrogen functional groups attached to an aromatic ring is 1. The molecule has 3 aliphatic rings. The van der Waals surface area contributed by atoms with Crippen LogP contribution in [0, 0.1) is 11.3 Å². The monoisotopic (exact) mass is 465 g/mol. The van der Waals surface area contributed by atoms with Crippen molar-refractivity contribution in [2.75, 3.05) is 24.7 Å². The van der Waals surface area contributed by atoms with E-state index in [0.29, 0.717) is 29.8 Å². The molecule has 2 aromatic heterocycles. The molecule has 34 heavy (non-hydrogen) atoms. The van der Waals surface area contributed by atoms with Crippen LogP contribution in [-0.2, 0) is 13.1 Å². The first-order valence-corrected chi connectivity index (χ1v) is 12.3. The van der Waals surface area contributed by atoms with Gasteiger partial charge in [-0.25, -0.2) is 9.37 Å². The number of hydrogen-bond donors (Lipinski definition) is 3. The van der Waals surface area contributed by atoms with Gasteiger partial charge in [0.15, 0.2) is 5.82 Å². The van der Waals surface area contributed by atoms with Crippen LogP contribution in [0.5, 0.6) is 5.75 Å². The second-order valence-corrected chi connectivity index (χ2v) is 10.3. The topological polar surface area (TPSA) is 103 Å². The summed E-state index contributed by atoms with van der Waals surface area (Å²) in [7, 11) is 1.70. The molecule has 1 unspecified atom stereocenters. The van der Waals surface area contributed by atoms with E-state index in [-0.39, 0.29) is 11.4 Å². The zero-order valence-corrected chi connectivity index (χ0v) is 19.6. The molecule has 0 saturated heterocycles. The van der Waals surface area contributed by atoms with Crippen LogP contribution in [0.2, 0.25) is 0 Å². The number of alkyl halides is 1. The number of nitrogens with two attached hydrogens (primary N) is 1. The largest absolute Gasteiger partial charge is 0.496 e. The molecule has 3 saturated carbocycles. The summed E-state index contributed by atoms with van der Waals surface area (Å²) in [6.07, 6.45) is 7.61. The summed E-state index contributed by atoms with van der Waals surface area (Å²) in [5.41, 5.74) is 9.71. The summed E-state index contributed by atoms with van der Waals surface area (Å²) < 4.78 is 21.1. The average molecular weight is 466 g/mol. The van der Waals surface area contributed by atoms with E-state index in [9.17, 15) is 4.39 Å². The van der Waals surface area contributed by atoms with Gasteiger partial charge >= 0.3 is 0 Å². The predicted octanol–water partition coefficient (Wildman–Crippen LogP) is 3.66. The second kappa shape index (κ2) is 8.37. The molecule has 3 aromatic rings. The summed E-state index contributed by atoms with van der Waals surface area (Å²) in [5.74, 6) is 2.19. The Morgan fingerprint density at radius 2 is 2.06 bits per heavy atom. The van der Waals surface area contributed by atoms with Crippen molar-refractivity contribution in [1.29, 1.82) is 0 Å². The maximum atomic E-state index is 13.5. The number of halogens is 1. The van der Waals surface area contributed by atoms with Crippen LogP contribution in [0.15, 0.2) is 24.4 Å². The lowest BCUT2D eigenvalue weighted by molar-refractivity contribution is 0.144. The zero-order chi connectivity index (χ0) is 23.3. The van der Waals surface area contributed by atoms with Crippen LogP contribution in [-0.4, -0.2) is 45.6 Å². The lowest BCUT2D eigenvalue weighted by Gasteiger charge is -2.35. The number of benzene rings is 1. The highest BCUT2D eigenvalue weighted by Crippen LogP contribution is 2.64. The number of anilines is 2. The van der Waals surface area contributed by atoms with E-state index in [1.165, 1.54) is 24.8 Å². The fraction of sp³-hybridized carbons (Fsp3) is 0.560. The van der Waals surface area contributed by atoms with E-state index >= 15 is 0 Å². The number of methoxy groups -OCH3 is 1. The summed E-state index contributed by atoms with van der Waals surface area (Å²) in [6.45, 7) is 2.12. The highest BCUT2D eigenvalue weighted by molar-refractivity contribution is 5.86. The lowest BCUT2D eigenvalue weighted by atomic mass is 9.71. The Morgan fingerprint density at radius 1 is 1.24 bits per heavy atom. The van der Waals surface area contributed by atoms with Crippen molar-refractivity contribution in [2.24, 2.45) is 11.3 Å². The van der Waals surface area contributed by atoms with Gasteiger partial charge in [0.05, 0.1) is 19.9 Å². The van der Waals surface area contributed by atoms with E-state index in [2.05, 4.69) is 43.9 Å². The van der Waals surface area contributed by atoms with Crippen molar-refractivity contribution < 1.29 is 9.13 Å². The van der Waals surface area contributed by atoms with Crippen LogP contribution >= 0.6 is 0 Å². The van der Waals surface area contributed by atoms with E-state index in [4.69, 9.17) is 10.5 Å². The van der Waals surface area contributed by atoms with Crippen molar-refractivity contribution in [2.45, 2.75) is 63.8 Å². The normalized spacial score (nSPS) is 25.8. The van der Waals surface area contributed by atoms with E-state index < -0.39 is 6.17 Å². The summed E-state index contributed by atoms with van der Waals surface area (Å²) >= 11 is 0. The van der Waals surface area contributed by atoms with Crippen molar-refractivity contribution in [3.05, 3.63) is 35.5 Å². The van der Waals surface area contributed by atoms with Gasteiger partial charge in [-0.15, -0.1) is 0 Å². The molecular weight excluding hydrogens is 433 g/mol. The average Bonchev–Trinajstić information content (AvgIpc) is 3.28. The molecule has 0 aliphatic heterocycles. The summed E-state index contributed by atoms with van der Waals surface area (Å²) in [6, 6.07) is 6.99. The Hall–Kier alpha value is -2.94. The molecule has 3 aliphatic carbocycles. The Labute approximate surface area is 198 Å². The van der Waals surface area contributed by atoms with Gasteiger partial charge in [0.1, 0.15) is 23.0 Å². The lowest BCUT2D eigenvalue weighted by Crippen LogP contribution is -2.34. The number of nitrogens with one attached hydrogen (secondary N) is 2. The van der Waals surface area contributed by atoms with Crippen LogP contribution in [0.1, 0.15) is 49.7 Å². The van der Waals surface area contributed by atoms with Crippen LogP contribution in [0.25, 0.3) is 11.0 Å². The van der Waals surface area contributed by atoms with Crippen molar-refractivity contribution in [3.8, 4) is 5.75 Å². The van der Waals surface area contributed by atoms with Gasteiger partial charge in [-0.05, 0) is 49.7 Å². The minimum Gasteiger partial charge on any atom is -0.496 e. The fourth-order valence-corrected chi connectivity index (χ4v) is 5.52. The third-order valence-electron chi connectivity index (χ3n) is 7.92. The molecule has 8 nitrogen and oxygen atoms in total. The first-order valence-electron chi connectivity index (χ1n) is 12.3. The first-order chi connectivity index (χ1) is 16.5. The maximum Gasteiger partial charge on any atom is 0.222 e. The molecule has 1 aromatic carbocycles.